The van der Waals surface area contributed by atoms with Crippen molar-refractivity contribution in [3.8, 4) is 5.75 Å². The molecule has 0 radical (unpaired) electrons. The Balaban J connectivity index is 3.09. The molecular formula is C8H7F3O. The Morgan fingerprint density at radius 1 is 1.33 bits per heavy atom. The molecule has 0 atom stereocenters. The molecule has 1 rings (SSSR count). The average Bonchev–Trinajstić information content (AvgIpc) is 2.00. The summed E-state index contributed by atoms with van der Waals surface area (Å²) in [7, 11) is 0. The molecule has 0 amide bonds. The predicted molar refractivity (Wildman–Crippen MR) is 37.7 cm³/mol. The summed E-state index contributed by atoms with van der Waals surface area (Å²) in [5, 5.41) is 0. The van der Waals surface area contributed by atoms with Gasteiger partial charge in [-0.15, -0.1) is 0 Å². The van der Waals surface area contributed by atoms with E-state index in [9.17, 15) is 13.2 Å². The molecule has 0 fully saturated rings. The summed E-state index contributed by atoms with van der Waals surface area (Å²) >= 11 is 0. The molecule has 4 heteroatoms. The lowest BCUT2D eigenvalue weighted by Crippen LogP contribution is -1.96. The van der Waals surface area contributed by atoms with E-state index in [-0.39, 0.29) is 5.56 Å². The van der Waals surface area contributed by atoms with Crippen molar-refractivity contribution in [1.29, 1.82) is 0 Å². The minimum Gasteiger partial charge on any atom is -0.460 e. The summed E-state index contributed by atoms with van der Waals surface area (Å²) in [6, 6.07) is 1.82. The molecule has 0 aromatic heterocycles. The number of rotatable bonds is 2. The van der Waals surface area contributed by atoms with Crippen LogP contribution in [0.15, 0.2) is 12.1 Å². The molecule has 66 valence electrons. The van der Waals surface area contributed by atoms with Gasteiger partial charge in [0, 0.05) is 6.07 Å². The first-order valence-electron chi connectivity index (χ1n) is 3.29. The standard InChI is InChI=1S/C8H7F3O/c1-5-2-6(10)3-7(8(5)11)12-4-9/h2-3H,4H2,1H3. The van der Waals surface area contributed by atoms with Crippen LogP contribution in [0.2, 0.25) is 0 Å². The van der Waals surface area contributed by atoms with Gasteiger partial charge in [-0.3, -0.25) is 0 Å². The van der Waals surface area contributed by atoms with E-state index < -0.39 is 24.2 Å². The zero-order chi connectivity index (χ0) is 9.14. The number of hydrogen-bond acceptors (Lipinski definition) is 1. The predicted octanol–water partition coefficient (Wildman–Crippen LogP) is 2.58. The van der Waals surface area contributed by atoms with Gasteiger partial charge in [-0.25, -0.2) is 13.2 Å². The Morgan fingerprint density at radius 3 is 2.58 bits per heavy atom. The lowest BCUT2D eigenvalue weighted by atomic mass is 10.2. The van der Waals surface area contributed by atoms with E-state index in [0.29, 0.717) is 0 Å². The van der Waals surface area contributed by atoms with Crippen LogP contribution in [-0.4, -0.2) is 6.86 Å². The van der Waals surface area contributed by atoms with Crippen LogP contribution in [-0.2, 0) is 0 Å². The molecule has 1 aromatic carbocycles. The lowest BCUT2D eigenvalue weighted by Gasteiger charge is -2.04. The highest BCUT2D eigenvalue weighted by molar-refractivity contribution is 5.31. The quantitative estimate of drug-likeness (QED) is 0.672. The van der Waals surface area contributed by atoms with Crippen LogP contribution in [0.5, 0.6) is 5.75 Å². The smallest absolute Gasteiger partial charge is 0.228 e. The van der Waals surface area contributed by atoms with Crippen molar-refractivity contribution in [3.05, 3.63) is 29.3 Å². The summed E-state index contributed by atoms with van der Waals surface area (Å²) in [4.78, 5) is 0. The van der Waals surface area contributed by atoms with Crippen molar-refractivity contribution < 1.29 is 17.9 Å². The van der Waals surface area contributed by atoms with Gasteiger partial charge < -0.3 is 4.74 Å². The second-order valence-corrected chi connectivity index (χ2v) is 2.29. The van der Waals surface area contributed by atoms with Crippen molar-refractivity contribution in [2.75, 3.05) is 6.86 Å². The van der Waals surface area contributed by atoms with E-state index in [1.807, 2.05) is 0 Å². The molecule has 0 unspecified atom stereocenters. The molecule has 0 aliphatic carbocycles. The van der Waals surface area contributed by atoms with Gasteiger partial charge in [-0.05, 0) is 18.6 Å². The van der Waals surface area contributed by atoms with E-state index in [4.69, 9.17) is 0 Å². The molecular weight excluding hydrogens is 169 g/mol. The Bertz CT molecular complexity index is 286. The number of aryl methyl sites for hydroxylation is 1. The van der Waals surface area contributed by atoms with Gasteiger partial charge in [0.25, 0.3) is 0 Å². The highest BCUT2D eigenvalue weighted by atomic mass is 19.1. The normalized spacial score (nSPS) is 10.0. The highest BCUT2D eigenvalue weighted by Crippen LogP contribution is 2.21. The molecule has 12 heavy (non-hydrogen) atoms. The van der Waals surface area contributed by atoms with E-state index in [1.165, 1.54) is 6.92 Å². The van der Waals surface area contributed by atoms with Crippen LogP contribution in [0.1, 0.15) is 5.56 Å². The molecule has 0 saturated heterocycles. The fourth-order valence-corrected chi connectivity index (χ4v) is 0.859. The molecule has 0 aliphatic heterocycles. The van der Waals surface area contributed by atoms with Gasteiger partial charge in [0.2, 0.25) is 6.86 Å². The van der Waals surface area contributed by atoms with Crippen LogP contribution in [0, 0.1) is 18.6 Å². The molecule has 0 aliphatic rings. The number of halogens is 3. The van der Waals surface area contributed by atoms with Gasteiger partial charge in [0.1, 0.15) is 5.82 Å². The SMILES string of the molecule is Cc1cc(F)cc(OCF)c1F. The van der Waals surface area contributed by atoms with E-state index in [1.54, 1.807) is 0 Å². The Labute approximate surface area is 67.8 Å². The van der Waals surface area contributed by atoms with Crippen LogP contribution in [0.4, 0.5) is 13.2 Å². The fourth-order valence-electron chi connectivity index (χ4n) is 0.859. The summed E-state index contributed by atoms with van der Waals surface area (Å²) in [5.74, 6) is -1.76. The van der Waals surface area contributed by atoms with E-state index >= 15 is 0 Å². The molecule has 0 spiro atoms. The highest BCUT2D eigenvalue weighted by Gasteiger charge is 2.08. The maximum atomic E-state index is 12.9. The van der Waals surface area contributed by atoms with Gasteiger partial charge in [0.15, 0.2) is 11.6 Å². The van der Waals surface area contributed by atoms with Crippen molar-refractivity contribution in [2.24, 2.45) is 0 Å². The van der Waals surface area contributed by atoms with Crippen molar-refractivity contribution in [2.45, 2.75) is 6.92 Å². The Morgan fingerprint density at radius 2 is 2.00 bits per heavy atom. The monoisotopic (exact) mass is 176 g/mol. The van der Waals surface area contributed by atoms with E-state index in [0.717, 1.165) is 12.1 Å². The summed E-state index contributed by atoms with van der Waals surface area (Å²) in [6.45, 7) is 0.212. The summed E-state index contributed by atoms with van der Waals surface area (Å²) < 4.78 is 41.3. The second-order valence-electron chi connectivity index (χ2n) is 2.29. The molecule has 1 nitrogen and oxygen atoms in total. The lowest BCUT2D eigenvalue weighted by molar-refractivity contribution is 0.183. The van der Waals surface area contributed by atoms with Crippen LogP contribution in [0.25, 0.3) is 0 Å². The van der Waals surface area contributed by atoms with Crippen LogP contribution in [0.3, 0.4) is 0 Å². The average molecular weight is 176 g/mol. The third-order valence-corrected chi connectivity index (χ3v) is 1.40. The minimum absolute atomic E-state index is 0.0958. The Hall–Kier alpha value is -1.19. The van der Waals surface area contributed by atoms with Gasteiger partial charge in [0.05, 0.1) is 0 Å². The third-order valence-electron chi connectivity index (χ3n) is 1.40. The maximum Gasteiger partial charge on any atom is 0.228 e. The number of benzene rings is 1. The van der Waals surface area contributed by atoms with Crippen LogP contribution < -0.4 is 4.74 Å². The largest absolute Gasteiger partial charge is 0.460 e. The first-order valence-corrected chi connectivity index (χ1v) is 3.29. The van der Waals surface area contributed by atoms with Crippen LogP contribution >= 0.6 is 0 Å². The van der Waals surface area contributed by atoms with Gasteiger partial charge in [-0.1, -0.05) is 0 Å². The van der Waals surface area contributed by atoms with E-state index in [2.05, 4.69) is 4.74 Å². The molecule has 0 bridgehead atoms. The number of alkyl halides is 1. The fraction of sp³-hybridized carbons (Fsp3) is 0.250. The minimum atomic E-state index is -1.17. The van der Waals surface area contributed by atoms with Crippen molar-refractivity contribution >= 4 is 0 Å². The van der Waals surface area contributed by atoms with Crippen molar-refractivity contribution in [3.63, 3.8) is 0 Å². The zero-order valence-corrected chi connectivity index (χ0v) is 6.40. The summed E-state index contributed by atoms with van der Waals surface area (Å²) in [5.41, 5.74) is 0.0958. The van der Waals surface area contributed by atoms with Crippen molar-refractivity contribution in [1.82, 2.24) is 0 Å². The first-order chi connectivity index (χ1) is 5.65. The number of hydrogen-bond donors (Lipinski definition) is 0. The molecule has 0 N–H and O–H groups in total. The maximum absolute atomic E-state index is 12.9. The topological polar surface area (TPSA) is 9.23 Å². The first kappa shape index (κ1) is 8.90. The Kier molecular flexibility index (Phi) is 2.58. The second kappa shape index (κ2) is 3.47. The van der Waals surface area contributed by atoms with Gasteiger partial charge in [-0.2, -0.15) is 0 Å². The number of ether oxygens (including phenoxy) is 1. The molecule has 1 aromatic rings. The molecule has 0 heterocycles. The van der Waals surface area contributed by atoms with Gasteiger partial charge >= 0.3 is 0 Å². The third kappa shape index (κ3) is 1.69. The zero-order valence-electron chi connectivity index (χ0n) is 6.40. The summed E-state index contributed by atoms with van der Waals surface area (Å²) in [6.07, 6.45) is 0. The molecule has 0 saturated carbocycles.